The molecule has 0 unspecified atom stereocenters. The van der Waals surface area contributed by atoms with Gasteiger partial charge in [0, 0.05) is 24.0 Å². The molecule has 2 N–H and O–H groups in total. The number of carbonyl (C=O) groups is 1. The maximum Gasteiger partial charge on any atom is 0.338 e. The van der Waals surface area contributed by atoms with Crippen molar-refractivity contribution in [3.8, 4) is 22.3 Å². The summed E-state index contributed by atoms with van der Waals surface area (Å²) in [6, 6.07) is 19.3. The molecule has 0 bridgehead atoms. The van der Waals surface area contributed by atoms with Crippen molar-refractivity contribution in [2.24, 2.45) is 5.92 Å². The Labute approximate surface area is 197 Å². The minimum absolute atomic E-state index is 0.306. The van der Waals surface area contributed by atoms with Crippen molar-refractivity contribution in [2.45, 2.75) is 46.6 Å². The van der Waals surface area contributed by atoms with Gasteiger partial charge in [0.2, 0.25) is 0 Å². The standard InChI is InChI=1S/C29H34N2O2/c1-18(2)31-25-14-10-23(11-15-25)27-19(3)16-26(20(4)28(27)29(32)33-5)22-8-12-24(13-9-22)30-17-21-6-7-21/h8-16,18,21,30-31H,6-7,17H2,1-5H3. The summed E-state index contributed by atoms with van der Waals surface area (Å²) in [5, 5.41) is 6.93. The zero-order valence-electron chi connectivity index (χ0n) is 20.3. The number of ether oxygens (including phenoxy) is 1. The Kier molecular flexibility index (Phi) is 6.73. The molecule has 1 fully saturated rings. The molecule has 0 aliphatic heterocycles. The van der Waals surface area contributed by atoms with Crippen LogP contribution in [0.5, 0.6) is 0 Å². The van der Waals surface area contributed by atoms with Gasteiger partial charge in [-0.1, -0.05) is 30.3 Å². The lowest BCUT2D eigenvalue weighted by molar-refractivity contribution is 0.0601. The Bertz CT molecular complexity index is 1130. The molecule has 172 valence electrons. The summed E-state index contributed by atoms with van der Waals surface area (Å²) in [6.07, 6.45) is 2.67. The number of carbonyl (C=O) groups excluding carboxylic acids is 1. The number of hydrogen-bond donors (Lipinski definition) is 2. The van der Waals surface area contributed by atoms with Crippen LogP contribution in [-0.2, 0) is 4.74 Å². The first-order chi connectivity index (χ1) is 15.9. The van der Waals surface area contributed by atoms with E-state index in [1.807, 2.05) is 6.92 Å². The summed E-state index contributed by atoms with van der Waals surface area (Å²) in [4.78, 5) is 12.9. The van der Waals surface area contributed by atoms with Crippen molar-refractivity contribution in [1.82, 2.24) is 0 Å². The van der Waals surface area contributed by atoms with Crippen LogP contribution in [0.2, 0.25) is 0 Å². The van der Waals surface area contributed by atoms with Crippen LogP contribution in [-0.4, -0.2) is 25.7 Å². The minimum Gasteiger partial charge on any atom is -0.465 e. The Morgan fingerprint density at radius 1 is 0.970 bits per heavy atom. The predicted molar refractivity (Wildman–Crippen MR) is 138 cm³/mol. The molecule has 1 aliphatic carbocycles. The number of nitrogens with one attached hydrogen (secondary N) is 2. The Morgan fingerprint density at radius 2 is 1.58 bits per heavy atom. The third-order valence-corrected chi connectivity index (χ3v) is 6.29. The molecule has 4 nitrogen and oxygen atoms in total. The highest BCUT2D eigenvalue weighted by Crippen LogP contribution is 2.37. The van der Waals surface area contributed by atoms with Crippen LogP contribution < -0.4 is 10.6 Å². The normalized spacial score (nSPS) is 13.2. The van der Waals surface area contributed by atoms with E-state index in [1.165, 1.54) is 20.0 Å². The molecule has 0 atom stereocenters. The number of esters is 1. The van der Waals surface area contributed by atoms with Crippen LogP contribution in [0.1, 0.15) is 48.2 Å². The molecular weight excluding hydrogens is 408 g/mol. The number of benzene rings is 3. The second-order valence-corrected chi connectivity index (χ2v) is 9.39. The van der Waals surface area contributed by atoms with Crippen molar-refractivity contribution in [1.29, 1.82) is 0 Å². The number of rotatable bonds is 8. The average molecular weight is 443 g/mol. The van der Waals surface area contributed by atoms with E-state index in [0.717, 1.165) is 57.2 Å². The second-order valence-electron chi connectivity index (χ2n) is 9.39. The van der Waals surface area contributed by atoms with Crippen LogP contribution >= 0.6 is 0 Å². The summed E-state index contributed by atoms with van der Waals surface area (Å²) < 4.78 is 5.22. The third-order valence-electron chi connectivity index (χ3n) is 6.29. The molecular formula is C29H34N2O2. The third kappa shape index (κ3) is 5.22. The minimum atomic E-state index is -0.306. The van der Waals surface area contributed by atoms with Crippen LogP contribution in [0.25, 0.3) is 22.3 Å². The topological polar surface area (TPSA) is 50.4 Å². The lowest BCUT2D eigenvalue weighted by Crippen LogP contribution is -2.10. The van der Waals surface area contributed by atoms with E-state index < -0.39 is 0 Å². The van der Waals surface area contributed by atoms with E-state index in [2.05, 4.69) is 86.0 Å². The fraction of sp³-hybridized carbons (Fsp3) is 0.345. The highest BCUT2D eigenvalue weighted by atomic mass is 16.5. The second kappa shape index (κ2) is 9.70. The molecule has 0 radical (unpaired) electrons. The Hall–Kier alpha value is -3.27. The van der Waals surface area contributed by atoms with E-state index in [-0.39, 0.29) is 5.97 Å². The van der Waals surface area contributed by atoms with Gasteiger partial charge in [-0.15, -0.1) is 0 Å². The molecule has 1 saturated carbocycles. The van der Waals surface area contributed by atoms with Crippen LogP contribution in [0.15, 0.2) is 54.6 Å². The first-order valence-electron chi connectivity index (χ1n) is 11.8. The van der Waals surface area contributed by atoms with Crippen molar-refractivity contribution in [3.63, 3.8) is 0 Å². The summed E-state index contributed by atoms with van der Waals surface area (Å²) in [5.74, 6) is 0.527. The van der Waals surface area contributed by atoms with Gasteiger partial charge in [-0.05, 0) is 104 Å². The maximum atomic E-state index is 12.9. The van der Waals surface area contributed by atoms with Gasteiger partial charge in [-0.2, -0.15) is 0 Å². The fourth-order valence-corrected chi connectivity index (χ4v) is 4.36. The first kappa shape index (κ1) is 22.9. The van der Waals surface area contributed by atoms with Crippen LogP contribution in [0.4, 0.5) is 11.4 Å². The van der Waals surface area contributed by atoms with Gasteiger partial charge in [0.05, 0.1) is 12.7 Å². The summed E-state index contributed by atoms with van der Waals surface area (Å²) in [5.41, 5.74) is 8.92. The molecule has 0 spiro atoms. The van der Waals surface area contributed by atoms with Crippen molar-refractivity contribution < 1.29 is 9.53 Å². The van der Waals surface area contributed by atoms with Crippen molar-refractivity contribution >= 4 is 17.3 Å². The zero-order valence-corrected chi connectivity index (χ0v) is 20.3. The molecule has 4 rings (SSSR count). The van der Waals surface area contributed by atoms with E-state index in [9.17, 15) is 4.79 Å². The quantitative estimate of drug-likeness (QED) is 0.366. The van der Waals surface area contributed by atoms with Crippen molar-refractivity contribution in [2.75, 3.05) is 24.3 Å². The number of anilines is 2. The Morgan fingerprint density at radius 3 is 2.15 bits per heavy atom. The fourth-order valence-electron chi connectivity index (χ4n) is 4.36. The van der Waals surface area contributed by atoms with Gasteiger partial charge in [-0.3, -0.25) is 0 Å². The molecule has 0 heterocycles. The van der Waals surface area contributed by atoms with Gasteiger partial charge in [0.15, 0.2) is 0 Å². The number of hydrogen-bond acceptors (Lipinski definition) is 4. The summed E-state index contributed by atoms with van der Waals surface area (Å²) in [6.45, 7) is 9.36. The molecule has 0 saturated heterocycles. The molecule has 0 amide bonds. The predicted octanol–water partition coefficient (Wildman–Crippen LogP) is 7.07. The lowest BCUT2D eigenvalue weighted by Gasteiger charge is -2.19. The molecule has 4 heteroatoms. The van der Waals surface area contributed by atoms with Crippen molar-refractivity contribution in [3.05, 3.63) is 71.3 Å². The number of aryl methyl sites for hydroxylation is 1. The molecule has 3 aromatic carbocycles. The monoisotopic (exact) mass is 442 g/mol. The summed E-state index contributed by atoms with van der Waals surface area (Å²) in [7, 11) is 1.45. The zero-order chi connectivity index (χ0) is 23.5. The van der Waals surface area contributed by atoms with Crippen LogP contribution in [0.3, 0.4) is 0 Å². The maximum absolute atomic E-state index is 12.9. The largest absolute Gasteiger partial charge is 0.465 e. The van der Waals surface area contributed by atoms with Gasteiger partial charge < -0.3 is 15.4 Å². The van der Waals surface area contributed by atoms with E-state index in [1.54, 1.807) is 0 Å². The summed E-state index contributed by atoms with van der Waals surface area (Å²) >= 11 is 0. The molecule has 1 aliphatic rings. The van der Waals surface area contributed by atoms with E-state index >= 15 is 0 Å². The average Bonchev–Trinajstić information content (AvgIpc) is 3.63. The van der Waals surface area contributed by atoms with Gasteiger partial charge in [-0.25, -0.2) is 4.79 Å². The van der Waals surface area contributed by atoms with E-state index in [0.29, 0.717) is 11.6 Å². The van der Waals surface area contributed by atoms with Gasteiger partial charge >= 0.3 is 5.97 Å². The molecule has 0 aromatic heterocycles. The lowest BCUT2D eigenvalue weighted by atomic mass is 9.86. The molecule has 3 aromatic rings. The van der Waals surface area contributed by atoms with Gasteiger partial charge in [0.25, 0.3) is 0 Å². The SMILES string of the molecule is COC(=O)c1c(C)c(-c2ccc(NCC3CC3)cc2)cc(C)c1-c1ccc(NC(C)C)cc1. The highest BCUT2D eigenvalue weighted by Gasteiger charge is 2.23. The number of methoxy groups -OCH3 is 1. The first-order valence-corrected chi connectivity index (χ1v) is 11.8. The van der Waals surface area contributed by atoms with Gasteiger partial charge in [0.1, 0.15) is 0 Å². The van der Waals surface area contributed by atoms with Crippen LogP contribution in [0, 0.1) is 19.8 Å². The highest BCUT2D eigenvalue weighted by molar-refractivity contribution is 6.02. The Balaban J connectivity index is 1.72. The molecule has 33 heavy (non-hydrogen) atoms. The van der Waals surface area contributed by atoms with E-state index in [4.69, 9.17) is 4.74 Å². The smallest absolute Gasteiger partial charge is 0.338 e.